The molecule has 80 valence electrons. The third-order valence-corrected chi connectivity index (χ3v) is 2.59. The molecule has 0 fully saturated rings. The summed E-state index contributed by atoms with van der Waals surface area (Å²) in [6.45, 7) is 11.2. The molecule has 0 bridgehead atoms. The van der Waals surface area contributed by atoms with Crippen molar-refractivity contribution in [1.29, 1.82) is 0 Å². The van der Waals surface area contributed by atoms with E-state index in [0.29, 0.717) is 0 Å². The Kier molecular flexibility index (Phi) is 5.93. The smallest absolute Gasteiger partial charge is 0.320 e. The predicted molar refractivity (Wildman–Crippen MR) is 58.7 cm³/mol. The molecule has 2 nitrogen and oxygen atoms in total. The zero-order valence-electron chi connectivity index (χ0n) is 9.21. The van der Waals surface area contributed by atoms with Crippen LogP contribution < -0.4 is 0 Å². The first-order valence-corrected chi connectivity index (χ1v) is 5.12. The van der Waals surface area contributed by atoms with E-state index in [1.54, 1.807) is 6.08 Å². The second kappa shape index (κ2) is 6.41. The van der Waals surface area contributed by atoms with Gasteiger partial charge in [-0.1, -0.05) is 39.3 Å². The molecule has 0 saturated heterocycles. The Bertz CT molecular complexity index is 208. The standard InChI is InChI=1S/C12H20O2/c1-5-9-10-12(6-2,7-3)11(13)14-8-4/h6,8H,2,4-5,7,9-10H2,1,3H3. The van der Waals surface area contributed by atoms with Crippen LogP contribution in [-0.2, 0) is 9.53 Å². The zero-order chi connectivity index (χ0) is 11.0. The fourth-order valence-corrected chi connectivity index (χ4v) is 1.44. The normalized spacial score (nSPS) is 14.1. The lowest BCUT2D eigenvalue weighted by Crippen LogP contribution is -2.29. The van der Waals surface area contributed by atoms with Crippen molar-refractivity contribution in [3.8, 4) is 0 Å². The van der Waals surface area contributed by atoms with E-state index in [2.05, 4.69) is 20.1 Å². The molecule has 1 unspecified atom stereocenters. The molecule has 0 heterocycles. The highest BCUT2D eigenvalue weighted by molar-refractivity contribution is 5.79. The van der Waals surface area contributed by atoms with Crippen molar-refractivity contribution in [2.45, 2.75) is 39.5 Å². The van der Waals surface area contributed by atoms with Gasteiger partial charge in [-0.2, -0.15) is 0 Å². The van der Waals surface area contributed by atoms with E-state index in [4.69, 9.17) is 4.74 Å². The van der Waals surface area contributed by atoms with Crippen LogP contribution in [0.25, 0.3) is 0 Å². The van der Waals surface area contributed by atoms with E-state index in [0.717, 1.165) is 25.7 Å². The van der Waals surface area contributed by atoms with E-state index < -0.39 is 5.41 Å². The highest BCUT2D eigenvalue weighted by Crippen LogP contribution is 2.31. The third-order valence-electron chi connectivity index (χ3n) is 2.59. The molecule has 0 aliphatic carbocycles. The monoisotopic (exact) mass is 196 g/mol. The average molecular weight is 196 g/mol. The van der Waals surface area contributed by atoms with Crippen LogP contribution >= 0.6 is 0 Å². The van der Waals surface area contributed by atoms with E-state index >= 15 is 0 Å². The molecule has 1 atom stereocenters. The van der Waals surface area contributed by atoms with Crippen LogP contribution in [0.5, 0.6) is 0 Å². The van der Waals surface area contributed by atoms with Crippen LogP contribution in [0.3, 0.4) is 0 Å². The summed E-state index contributed by atoms with van der Waals surface area (Å²) in [5.41, 5.74) is -0.524. The highest BCUT2D eigenvalue weighted by Gasteiger charge is 2.33. The second-order valence-electron chi connectivity index (χ2n) is 3.39. The Morgan fingerprint density at radius 2 is 2.07 bits per heavy atom. The molecule has 0 saturated carbocycles. The SMILES string of the molecule is C=COC(=O)C(C=C)(CC)CCCC. The molecule has 2 heteroatoms. The lowest BCUT2D eigenvalue weighted by Gasteiger charge is -2.25. The van der Waals surface area contributed by atoms with Crippen molar-refractivity contribution >= 4 is 5.97 Å². The quantitative estimate of drug-likeness (QED) is 0.354. The average Bonchev–Trinajstić information content (AvgIpc) is 2.21. The molecule has 0 radical (unpaired) electrons. The number of unbranched alkanes of at least 4 members (excludes halogenated alkanes) is 1. The highest BCUT2D eigenvalue weighted by atomic mass is 16.5. The van der Waals surface area contributed by atoms with Gasteiger partial charge in [0.05, 0.1) is 11.7 Å². The lowest BCUT2D eigenvalue weighted by molar-refractivity contribution is -0.147. The Hall–Kier alpha value is -1.05. The van der Waals surface area contributed by atoms with Crippen molar-refractivity contribution in [2.24, 2.45) is 5.41 Å². The summed E-state index contributed by atoms with van der Waals surface area (Å²) in [5, 5.41) is 0. The van der Waals surface area contributed by atoms with Crippen molar-refractivity contribution in [1.82, 2.24) is 0 Å². The van der Waals surface area contributed by atoms with Gasteiger partial charge < -0.3 is 4.74 Å². The Morgan fingerprint density at radius 1 is 1.43 bits per heavy atom. The molecule has 0 aliphatic rings. The van der Waals surface area contributed by atoms with Gasteiger partial charge in [0.2, 0.25) is 0 Å². The molecular formula is C12H20O2. The first-order valence-electron chi connectivity index (χ1n) is 5.12. The lowest BCUT2D eigenvalue weighted by atomic mass is 9.80. The van der Waals surface area contributed by atoms with Gasteiger partial charge in [0.25, 0.3) is 0 Å². The molecule has 0 spiro atoms. The zero-order valence-corrected chi connectivity index (χ0v) is 9.21. The Labute approximate surface area is 86.6 Å². The number of hydrogen-bond donors (Lipinski definition) is 0. The first kappa shape index (κ1) is 12.9. The summed E-state index contributed by atoms with van der Waals surface area (Å²) < 4.78 is 4.84. The van der Waals surface area contributed by atoms with Crippen LogP contribution in [0.1, 0.15) is 39.5 Å². The maximum absolute atomic E-state index is 11.7. The largest absolute Gasteiger partial charge is 0.434 e. The minimum atomic E-state index is -0.524. The molecule has 14 heavy (non-hydrogen) atoms. The van der Waals surface area contributed by atoms with E-state index in [9.17, 15) is 4.79 Å². The van der Waals surface area contributed by atoms with Crippen molar-refractivity contribution < 1.29 is 9.53 Å². The van der Waals surface area contributed by atoms with Crippen molar-refractivity contribution in [3.63, 3.8) is 0 Å². The van der Waals surface area contributed by atoms with Gasteiger partial charge >= 0.3 is 5.97 Å². The number of ether oxygens (including phenoxy) is 1. The minimum Gasteiger partial charge on any atom is -0.434 e. The maximum atomic E-state index is 11.7. The minimum absolute atomic E-state index is 0.238. The van der Waals surface area contributed by atoms with Crippen molar-refractivity contribution in [2.75, 3.05) is 0 Å². The van der Waals surface area contributed by atoms with Gasteiger partial charge in [-0.05, 0) is 12.8 Å². The van der Waals surface area contributed by atoms with Crippen LogP contribution in [0, 0.1) is 5.41 Å². The van der Waals surface area contributed by atoms with Gasteiger partial charge in [-0.15, -0.1) is 6.58 Å². The summed E-state index contributed by atoms with van der Waals surface area (Å²) in [5.74, 6) is -0.238. The summed E-state index contributed by atoms with van der Waals surface area (Å²) in [7, 11) is 0. The number of rotatable bonds is 7. The number of carbonyl (C=O) groups is 1. The van der Waals surface area contributed by atoms with Crippen molar-refractivity contribution in [3.05, 3.63) is 25.5 Å². The second-order valence-corrected chi connectivity index (χ2v) is 3.39. The topological polar surface area (TPSA) is 26.3 Å². The van der Waals surface area contributed by atoms with Gasteiger partial charge in [0.1, 0.15) is 0 Å². The predicted octanol–water partition coefficient (Wildman–Crippen LogP) is 3.45. The van der Waals surface area contributed by atoms with Gasteiger partial charge in [-0.25, -0.2) is 0 Å². The number of esters is 1. The summed E-state index contributed by atoms with van der Waals surface area (Å²) >= 11 is 0. The van der Waals surface area contributed by atoms with Gasteiger partial charge in [0.15, 0.2) is 0 Å². The van der Waals surface area contributed by atoms with E-state index in [1.165, 1.54) is 6.26 Å². The van der Waals surface area contributed by atoms with Crippen LogP contribution in [0.15, 0.2) is 25.5 Å². The molecule has 0 aromatic rings. The maximum Gasteiger partial charge on any atom is 0.320 e. The third kappa shape index (κ3) is 3.02. The molecule has 0 N–H and O–H groups in total. The molecular weight excluding hydrogens is 176 g/mol. The van der Waals surface area contributed by atoms with Crippen LogP contribution in [0.4, 0.5) is 0 Å². The van der Waals surface area contributed by atoms with Crippen LogP contribution in [-0.4, -0.2) is 5.97 Å². The number of hydrogen-bond acceptors (Lipinski definition) is 2. The Morgan fingerprint density at radius 3 is 2.43 bits per heavy atom. The fraction of sp³-hybridized carbons (Fsp3) is 0.583. The van der Waals surface area contributed by atoms with Gasteiger partial charge in [-0.3, -0.25) is 4.79 Å². The summed E-state index contributed by atoms with van der Waals surface area (Å²) in [4.78, 5) is 11.7. The molecule has 0 aromatic heterocycles. The molecule has 0 aromatic carbocycles. The van der Waals surface area contributed by atoms with E-state index in [-0.39, 0.29) is 5.97 Å². The first-order chi connectivity index (χ1) is 6.66. The summed E-state index contributed by atoms with van der Waals surface area (Å²) in [6, 6.07) is 0. The Balaban J connectivity index is 4.58. The molecule has 0 rings (SSSR count). The van der Waals surface area contributed by atoms with Crippen LogP contribution in [0.2, 0.25) is 0 Å². The number of carbonyl (C=O) groups excluding carboxylic acids is 1. The van der Waals surface area contributed by atoms with E-state index in [1.807, 2.05) is 6.92 Å². The van der Waals surface area contributed by atoms with Gasteiger partial charge in [0, 0.05) is 0 Å². The molecule has 0 aliphatic heterocycles. The summed E-state index contributed by atoms with van der Waals surface area (Å²) in [6.07, 6.45) is 6.49. The fourth-order valence-electron chi connectivity index (χ4n) is 1.44. The molecule has 0 amide bonds.